The van der Waals surface area contributed by atoms with Crippen LogP contribution in [-0.2, 0) is 13.1 Å². The van der Waals surface area contributed by atoms with Gasteiger partial charge in [0.15, 0.2) is 0 Å². The van der Waals surface area contributed by atoms with Crippen LogP contribution in [-0.4, -0.2) is 49.5 Å². The van der Waals surface area contributed by atoms with Crippen LogP contribution in [0.3, 0.4) is 0 Å². The number of aromatic nitrogens is 4. The number of hydrogen-bond donors (Lipinski definition) is 2. The van der Waals surface area contributed by atoms with Crippen molar-refractivity contribution in [2.45, 2.75) is 39.1 Å². The zero-order chi connectivity index (χ0) is 16.9. The van der Waals surface area contributed by atoms with Crippen molar-refractivity contribution in [1.82, 2.24) is 25.1 Å². The lowest BCUT2D eigenvalue weighted by Gasteiger charge is -2.34. The highest BCUT2D eigenvalue weighted by molar-refractivity contribution is 5.44. The molecule has 1 aliphatic heterocycles. The van der Waals surface area contributed by atoms with Gasteiger partial charge in [0.2, 0.25) is 0 Å². The summed E-state index contributed by atoms with van der Waals surface area (Å²) in [6, 6.07) is 1.84. The zero-order valence-corrected chi connectivity index (χ0v) is 13.9. The maximum Gasteiger partial charge on any atom is 0.134 e. The molecule has 1 unspecified atom stereocenters. The predicted molar refractivity (Wildman–Crippen MR) is 88.5 cm³/mol. The largest absolute Gasteiger partial charge is 0.375 e. The molecular formula is C16H24N6O2. The molecule has 0 aliphatic carbocycles. The van der Waals surface area contributed by atoms with E-state index in [1.165, 1.54) is 0 Å². The van der Waals surface area contributed by atoms with E-state index in [1.807, 2.05) is 23.9 Å². The van der Waals surface area contributed by atoms with E-state index < -0.39 is 6.23 Å². The predicted octanol–water partition coefficient (Wildman–Crippen LogP) is 0.777. The second-order valence-electron chi connectivity index (χ2n) is 6.27. The highest BCUT2D eigenvalue weighted by Gasteiger charge is 2.24. The molecule has 1 fully saturated rings. The Morgan fingerprint density at radius 1 is 1.54 bits per heavy atom. The van der Waals surface area contributed by atoms with E-state index in [9.17, 15) is 5.11 Å². The van der Waals surface area contributed by atoms with E-state index in [4.69, 9.17) is 10.3 Å². The average molecular weight is 332 g/mol. The summed E-state index contributed by atoms with van der Waals surface area (Å²) < 4.78 is 6.86. The van der Waals surface area contributed by atoms with Crippen molar-refractivity contribution in [3.8, 4) is 0 Å². The number of nitrogens with zero attached hydrogens (tertiary/aromatic N) is 5. The first-order valence-corrected chi connectivity index (χ1v) is 8.27. The number of aliphatic hydroxyl groups is 1. The smallest absolute Gasteiger partial charge is 0.134 e. The Kier molecular flexibility index (Phi) is 5.39. The molecule has 1 saturated heterocycles. The molecule has 3 rings (SSSR count). The topological polar surface area (TPSA) is 106 Å². The number of aryl methyl sites for hydroxylation is 1. The van der Waals surface area contributed by atoms with Gasteiger partial charge in [0.25, 0.3) is 0 Å². The number of nitrogens with two attached hydrogens (primary N) is 1. The van der Waals surface area contributed by atoms with Gasteiger partial charge in [-0.1, -0.05) is 10.4 Å². The van der Waals surface area contributed by atoms with E-state index >= 15 is 0 Å². The second kappa shape index (κ2) is 7.69. The normalized spacial score (nSPS) is 20.7. The molecule has 0 bridgehead atoms. The fourth-order valence-corrected chi connectivity index (χ4v) is 3.04. The van der Waals surface area contributed by atoms with E-state index in [0.717, 1.165) is 49.6 Å². The molecule has 2 aromatic rings. The van der Waals surface area contributed by atoms with Gasteiger partial charge in [-0.2, -0.15) is 0 Å². The first kappa shape index (κ1) is 16.8. The maximum atomic E-state index is 10.4. The van der Waals surface area contributed by atoms with Crippen LogP contribution in [0.15, 0.2) is 22.9 Å². The summed E-state index contributed by atoms with van der Waals surface area (Å²) in [6.07, 6.45) is 6.98. The SMILES string of the molecule is Cc1cc(/C=C/C(O)N2CCC[C@@H](Cn3cc(CN)nn3)C2)no1. The van der Waals surface area contributed by atoms with Crippen LogP contribution >= 0.6 is 0 Å². The van der Waals surface area contributed by atoms with Crippen LogP contribution in [0.1, 0.15) is 30.0 Å². The van der Waals surface area contributed by atoms with Gasteiger partial charge in [-0.15, -0.1) is 5.10 Å². The molecule has 0 amide bonds. The minimum atomic E-state index is -0.625. The van der Waals surface area contributed by atoms with Gasteiger partial charge in [0.1, 0.15) is 17.7 Å². The van der Waals surface area contributed by atoms with Crippen LogP contribution in [0.4, 0.5) is 0 Å². The quantitative estimate of drug-likeness (QED) is 0.805. The molecule has 0 aromatic carbocycles. The third-order valence-electron chi connectivity index (χ3n) is 4.25. The second-order valence-corrected chi connectivity index (χ2v) is 6.27. The van der Waals surface area contributed by atoms with Crippen molar-refractivity contribution in [3.05, 3.63) is 35.5 Å². The average Bonchev–Trinajstić information content (AvgIpc) is 3.21. The first-order valence-electron chi connectivity index (χ1n) is 8.27. The number of likely N-dealkylation sites (tertiary alicyclic amines) is 1. The highest BCUT2D eigenvalue weighted by atomic mass is 16.5. The summed E-state index contributed by atoms with van der Waals surface area (Å²) in [5, 5.41) is 22.4. The first-order chi connectivity index (χ1) is 11.6. The number of rotatable bonds is 6. The monoisotopic (exact) mass is 332 g/mol. The third-order valence-corrected chi connectivity index (χ3v) is 4.25. The van der Waals surface area contributed by atoms with Crippen LogP contribution in [0.2, 0.25) is 0 Å². The Hall–Kier alpha value is -2.03. The molecule has 24 heavy (non-hydrogen) atoms. The summed E-state index contributed by atoms with van der Waals surface area (Å²) in [5.41, 5.74) is 7.08. The van der Waals surface area contributed by atoms with Gasteiger partial charge >= 0.3 is 0 Å². The molecular weight excluding hydrogens is 308 g/mol. The van der Waals surface area contributed by atoms with Gasteiger partial charge in [-0.3, -0.25) is 9.58 Å². The summed E-state index contributed by atoms with van der Waals surface area (Å²) >= 11 is 0. The lowest BCUT2D eigenvalue weighted by atomic mass is 9.98. The Labute approximate surface area is 140 Å². The molecule has 3 N–H and O–H groups in total. The van der Waals surface area contributed by atoms with Crippen molar-refractivity contribution in [2.24, 2.45) is 11.7 Å². The fraction of sp³-hybridized carbons (Fsp3) is 0.562. The van der Waals surface area contributed by atoms with Crippen LogP contribution in [0.25, 0.3) is 6.08 Å². The fourth-order valence-electron chi connectivity index (χ4n) is 3.04. The summed E-state index contributed by atoms with van der Waals surface area (Å²) in [6.45, 7) is 4.74. The molecule has 8 heteroatoms. The maximum absolute atomic E-state index is 10.4. The molecule has 8 nitrogen and oxygen atoms in total. The molecule has 130 valence electrons. The van der Waals surface area contributed by atoms with Crippen LogP contribution in [0.5, 0.6) is 0 Å². The number of hydrogen-bond acceptors (Lipinski definition) is 7. The van der Waals surface area contributed by atoms with Gasteiger partial charge in [-0.25, -0.2) is 0 Å². The van der Waals surface area contributed by atoms with E-state index in [0.29, 0.717) is 12.5 Å². The Morgan fingerprint density at radius 2 is 2.42 bits per heavy atom. The minimum absolute atomic E-state index is 0.405. The van der Waals surface area contributed by atoms with E-state index in [1.54, 1.807) is 12.2 Å². The van der Waals surface area contributed by atoms with Gasteiger partial charge in [-0.05, 0) is 37.8 Å². The lowest BCUT2D eigenvalue weighted by molar-refractivity contribution is 0.00858. The summed E-state index contributed by atoms with van der Waals surface area (Å²) in [7, 11) is 0. The van der Waals surface area contributed by atoms with Crippen LogP contribution in [0, 0.1) is 12.8 Å². The molecule has 0 spiro atoms. The van der Waals surface area contributed by atoms with Gasteiger partial charge in [0, 0.05) is 38.4 Å². The Bertz CT molecular complexity index is 680. The van der Waals surface area contributed by atoms with Gasteiger partial charge in [0.05, 0.1) is 5.69 Å². The molecule has 3 heterocycles. The lowest BCUT2D eigenvalue weighted by Crippen LogP contribution is -2.42. The molecule has 2 aromatic heterocycles. The van der Waals surface area contributed by atoms with Crippen LogP contribution < -0.4 is 5.73 Å². The van der Waals surface area contributed by atoms with E-state index in [2.05, 4.69) is 20.4 Å². The Morgan fingerprint density at radius 3 is 3.12 bits per heavy atom. The molecule has 2 atom stereocenters. The molecule has 0 saturated carbocycles. The van der Waals surface area contributed by atoms with Crippen molar-refractivity contribution in [3.63, 3.8) is 0 Å². The van der Waals surface area contributed by atoms with Crippen molar-refractivity contribution >= 4 is 6.08 Å². The van der Waals surface area contributed by atoms with Crippen molar-refractivity contribution in [1.29, 1.82) is 0 Å². The van der Waals surface area contributed by atoms with Crippen molar-refractivity contribution in [2.75, 3.05) is 13.1 Å². The Balaban J connectivity index is 1.55. The summed E-state index contributed by atoms with van der Waals surface area (Å²) in [4.78, 5) is 2.07. The van der Waals surface area contributed by atoms with Crippen molar-refractivity contribution < 1.29 is 9.63 Å². The molecule has 0 radical (unpaired) electrons. The molecule has 1 aliphatic rings. The minimum Gasteiger partial charge on any atom is -0.375 e. The summed E-state index contributed by atoms with van der Waals surface area (Å²) in [5.74, 6) is 1.19. The standard InChI is InChI=1S/C16H24N6O2/c1-12-7-14(19-24-12)4-5-16(23)21-6-2-3-13(9-21)10-22-11-15(8-17)18-20-22/h4-5,7,11,13,16,23H,2-3,6,8-10,17H2,1H3/b5-4+/t13-,16?/m1/s1. The van der Waals surface area contributed by atoms with Gasteiger partial charge < -0.3 is 15.4 Å². The third kappa shape index (κ3) is 4.28. The van der Waals surface area contributed by atoms with E-state index in [-0.39, 0.29) is 0 Å². The highest BCUT2D eigenvalue weighted by Crippen LogP contribution is 2.20. The number of piperidine rings is 1. The number of aliphatic hydroxyl groups excluding tert-OH is 1. The zero-order valence-electron chi connectivity index (χ0n) is 13.9.